The molecule has 0 unspecified atom stereocenters. The Balaban J connectivity index is 1.90. The van der Waals surface area contributed by atoms with Crippen molar-refractivity contribution in [3.8, 4) is 5.75 Å². The van der Waals surface area contributed by atoms with Gasteiger partial charge in [-0.2, -0.15) is 0 Å². The predicted octanol–water partition coefficient (Wildman–Crippen LogP) is 1.24. The highest BCUT2D eigenvalue weighted by Crippen LogP contribution is 2.23. The maximum absolute atomic E-state index is 11.9. The van der Waals surface area contributed by atoms with Crippen molar-refractivity contribution in [2.75, 3.05) is 19.5 Å². The lowest BCUT2D eigenvalue weighted by Crippen LogP contribution is -2.28. The first kappa shape index (κ1) is 14.4. The second-order valence-electron chi connectivity index (χ2n) is 4.11. The molecule has 0 bridgehead atoms. The average molecular weight is 293 g/mol. The Morgan fingerprint density at radius 1 is 1.45 bits per heavy atom. The summed E-state index contributed by atoms with van der Waals surface area (Å²) in [5.41, 5.74) is 0.670. The maximum Gasteiger partial charge on any atom is 0.240 e. The second kappa shape index (κ2) is 6.42. The van der Waals surface area contributed by atoms with Crippen LogP contribution in [0.1, 0.15) is 6.42 Å². The van der Waals surface area contributed by atoms with E-state index in [0.29, 0.717) is 10.9 Å². The van der Waals surface area contributed by atoms with Gasteiger partial charge >= 0.3 is 0 Å². The minimum absolute atomic E-state index is 0.113. The molecule has 2 amide bonds. The van der Waals surface area contributed by atoms with E-state index in [-0.39, 0.29) is 18.2 Å². The Bertz CT molecular complexity index is 542. The summed E-state index contributed by atoms with van der Waals surface area (Å²) in [4.78, 5) is 27.4. The number of amidine groups is 1. The van der Waals surface area contributed by atoms with Crippen molar-refractivity contribution >= 4 is 34.4 Å². The SMILES string of the molecule is CN=C1NC(=O)[C@@H](CC(=O)Nc2ccc(OC)cc2)S1. The first-order chi connectivity index (χ1) is 9.62. The van der Waals surface area contributed by atoms with Gasteiger partial charge in [0.1, 0.15) is 11.0 Å². The van der Waals surface area contributed by atoms with Crippen molar-refractivity contribution in [1.29, 1.82) is 0 Å². The van der Waals surface area contributed by atoms with E-state index in [9.17, 15) is 9.59 Å². The summed E-state index contributed by atoms with van der Waals surface area (Å²) >= 11 is 1.27. The van der Waals surface area contributed by atoms with Gasteiger partial charge in [0.05, 0.1) is 7.11 Å². The van der Waals surface area contributed by atoms with E-state index in [1.807, 2.05) is 0 Å². The molecule has 20 heavy (non-hydrogen) atoms. The van der Waals surface area contributed by atoms with Crippen LogP contribution in [-0.4, -0.2) is 36.4 Å². The van der Waals surface area contributed by atoms with Crippen molar-refractivity contribution in [1.82, 2.24) is 5.32 Å². The van der Waals surface area contributed by atoms with Gasteiger partial charge in [0.25, 0.3) is 0 Å². The van der Waals surface area contributed by atoms with Gasteiger partial charge in [-0.15, -0.1) is 0 Å². The lowest BCUT2D eigenvalue weighted by Gasteiger charge is -2.08. The smallest absolute Gasteiger partial charge is 0.240 e. The number of amides is 2. The van der Waals surface area contributed by atoms with Crippen LogP contribution in [-0.2, 0) is 9.59 Å². The van der Waals surface area contributed by atoms with Crippen LogP contribution in [0.4, 0.5) is 5.69 Å². The molecule has 1 saturated heterocycles. The number of anilines is 1. The van der Waals surface area contributed by atoms with Crippen LogP contribution in [0.3, 0.4) is 0 Å². The number of hydrogen-bond acceptors (Lipinski definition) is 5. The molecule has 1 atom stereocenters. The molecule has 1 fully saturated rings. The molecule has 0 radical (unpaired) electrons. The highest BCUT2D eigenvalue weighted by molar-refractivity contribution is 8.15. The zero-order valence-electron chi connectivity index (χ0n) is 11.2. The zero-order chi connectivity index (χ0) is 14.5. The van der Waals surface area contributed by atoms with E-state index < -0.39 is 5.25 Å². The Kier molecular flexibility index (Phi) is 4.62. The number of carbonyl (C=O) groups is 2. The standard InChI is InChI=1S/C13H15N3O3S/c1-14-13-16-12(18)10(20-13)7-11(17)15-8-3-5-9(19-2)6-4-8/h3-6,10H,7H2,1-2H3,(H,15,17)(H,14,16,18)/t10-/m1/s1. The summed E-state index contributed by atoms with van der Waals surface area (Å²) in [7, 11) is 3.18. The predicted molar refractivity (Wildman–Crippen MR) is 79.1 cm³/mol. The summed E-state index contributed by atoms with van der Waals surface area (Å²) in [6.07, 6.45) is 0.113. The lowest BCUT2D eigenvalue weighted by molar-refractivity contribution is -0.122. The van der Waals surface area contributed by atoms with E-state index in [0.717, 1.165) is 5.75 Å². The maximum atomic E-state index is 11.9. The Labute approximate surface area is 121 Å². The first-order valence-corrected chi connectivity index (χ1v) is 6.88. The molecule has 1 aromatic carbocycles. The van der Waals surface area contributed by atoms with Gasteiger partial charge in [-0.05, 0) is 24.3 Å². The summed E-state index contributed by atoms with van der Waals surface area (Å²) in [6, 6.07) is 7.01. The zero-order valence-corrected chi connectivity index (χ0v) is 12.0. The molecule has 2 N–H and O–H groups in total. The molecule has 6 nitrogen and oxygen atoms in total. The minimum Gasteiger partial charge on any atom is -0.497 e. The third-order valence-electron chi connectivity index (χ3n) is 2.72. The van der Waals surface area contributed by atoms with Gasteiger partial charge in [-0.3, -0.25) is 14.6 Å². The van der Waals surface area contributed by atoms with Crippen LogP contribution >= 0.6 is 11.8 Å². The van der Waals surface area contributed by atoms with Gasteiger partial charge in [-0.1, -0.05) is 11.8 Å². The van der Waals surface area contributed by atoms with Crippen molar-refractivity contribution in [2.24, 2.45) is 4.99 Å². The number of methoxy groups -OCH3 is 1. The van der Waals surface area contributed by atoms with Crippen molar-refractivity contribution in [3.05, 3.63) is 24.3 Å². The molecule has 106 valence electrons. The monoisotopic (exact) mass is 293 g/mol. The molecular weight excluding hydrogens is 278 g/mol. The van der Waals surface area contributed by atoms with Crippen molar-refractivity contribution < 1.29 is 14.3 Å². The molecule has 0 spiro atoms. The summed E-state index contributed by atoms with van der Waals surface area (Å²) < 4.78 is 5.04. The van der Waals surface area contributed by atoms with E-state index in [1.54, 1.807) is 38.4 Å². The number of nitrogens with zero attached hydrogens (tertiary/aromatic N) is 1. The quantitative estimate of drug-likeness (QED) is 0.875. The fourth-order valence-electron chi connectivity index (χ4n) is 1.70. The number of ether oxygens (including phenoxy) is 1. The van der Waals surface area contributed by atoms with Crippen LogP contribution in [0.2, 0.25) is 0 Å². The van der Waals surface area contributed by atoms with Crippen LogP contribution in [0, 0.1) is 0 Å². The van der Waals surface area contributed by atoms with Crippen LogP contribution < -0.4 is 15.4 Å². The third kappa shape index (κ3) is 3.51. The molecule has 0 saturated carbocycles. The average Bonchev–Trinajstić information content (AvgIpc) is 2.80. The minimum atomic E-state index is -0.424. The fourth-order valence-corrected chi connectivity index (χ4v) is 2.64. The highest BCUT2D eigenvalue weighted by Gasteiger charge is 2.31. The van der Waals surface area contributed by atoms with Crippen LogP contribution in [0.25, 0.3) is 0 Å². The number of hydrogen-bond donors (Lipinski definition) is 2. The summed E-state index contributed by atoms with van der Waals surface area (Å²) in [5.74, 6) is 0.332. The molecule has 1 aliphatic rings. The molecule has 0 aromatic heterocycles. The molecule has 1 aliphatic heterocycles. The fraction of sp³-hybridized carbons (Fsp3) is 0.308. The number of nitrogens with one attached hydrogen (secondary N) is 2. The second-order valence-corrected chi connectivity index (χ2v) is 5.30. The number of benzene rings is 1. The molecule has 7 heteroatoms. The first-order valence-electron chi connectivity index (χ1n) is 6.00. The van der Waals surface area contributed by atoms with Gasteiger partial charge in [-0.25, -0.2) is 0 Å². The van der Waals surface area contributed by atoms with E-state index in [1.165, 1.54) is 11.8 Å². The largest absolute Gasteiger partial charge is 0.497 e. The summed E-state index contributed by atoms with van der Waals surface area (Å²) in [5, 5.41) is 5.49. The van der Waals surface area contributed by atoms with E-state index in [2.05, 4.69) is 15.6 Å². The van der Waals surface area contributed by atoms with Crippen LogP contribution in [0.5, 0.6) is 5.75 Å². The molecule has 2 rings (SSSR count). The Hall–Kier alpha value is -2.02. The number of aliphatic imine (C=N–C) groups is 1. The van der Waals surface area contributed by atoms with E-state index >= 15 is 0 Å². The van der Waals surface area contributed by atoms with Crippen molar-refractivity contribution in [3.63, 3.8) is 0 Å². The highest BCUT2D eigenvalue weighted by atomic mass is 32.2. The number of thioether (sulfide) groups is 1. The molecule has 1 aromatic rings. The van der Waals surface area contributed by atoms with Gasteiger partial charge in [0, 0.05) is 19.2 Å². The third-order valence-corrected chi connectivity index (χ3v) is 3.90. The number of carbonyl (C=O) groups excluding carboxylic acids is 2. The molecule has 0 aliphatic carbocycles. The van der Waals surface area contributed by atoms with Crippen molar-refractivity contribution in [2.45, 2.75) is 11.7 Å². The topological polar surface area (TPSA) is 79.8 Å². The number of rotatable bonds is 4. The molecule has 1 heterocycles. The normalized spacial score (nSPS) is 19.8. The van der Waals surface area contributed by atoms with Crippen LogP contribution in [0.15, 0.2) is 29.3 Å². The van der Waals surface area contributed by atoms with E-state index in [4.69, 9.17) is 4.74 Å². The summed E-state index contributed by atoms with van der Waals surface area (Å²) in [6.45, 7) is 0. The van der Waals surface area contributed by atoms with Gasteiger partial charge < -0.3 is 15.4 Å². The lowest BCUT2D eigenvalue weighted by atomic mass is 10.2. The van der Waals surface area contributed by atoms with Gasteiger partial charge in [0.15, 0.2) is 5.17 Å². The molecular formula is C13H15N3O3S. The Morgan fingerprint density at radius 2 is 2.15 bits per heavy atom. The Morgan fingerprint density at radius 3 is 2.70 bits per heavy atom. The van der Waals surface area contributed by atoms with Gasteiger partial charge in [0.2, 0.25) is 11.8 Å².